The molecular weight excluding hydrogens is 418 g/mol. The summed E-state index contributed by atoms with van der Waals surface area (Å²) >= 11 is 0. The molecule has 0 radical (unpaired) electrons. The summed E-state index contributed by atoms with van der Waals surface area (Å²) in [5, 5.41) is 5.80. The first-order valence-electron chi connectivity index (χ1n) is 11.8. The summed E-state index contributed by atoms with van der Waals surface area (Å²) in [4.78, 5) is 19.4. The molecule has 1 aliphatic heterocycles. The SMILES string of the molecule is CCN(NC)C(C)(C)CNc1nc2cc(C(N)=O)cc3c2n1CC(C)(C)CN3CCCOC. The van der Waals surface area contributed by atoms with E-state index in [0.717, 1.165) is 55.3 Å². The topological polar surface area (TPSA) is 101 Å². The lowest BCUT2D eigenvalue weighted by molar-refractivity contribution is 0.0873. The Morgan fingerprint density at radius 3 is 2.67 bits per heavy atom. The Labute approximate surface area is 197 Å². The average molecular weight is 460 g/mol. The third-order valence-electron chi connectivity index (χ3n) is 6.42. The number of rotatable bonds is 11. The minimum Gasteiger partial charge on any atom is -0.385 e. The van der Waals surface area contributed by atoms with Gasteiger partial charge in [0, 0.05) is 63.0 Å². The Bertz CT molecular complexity index is 979. The highest BCUT2D eigenvalue weighted by atomic mass is 16.5. The fraction of sp³-hybridized carbons (Fsp3) is 0.667. The number of nitrogens with two attached hydrogens (primary N) is 1. The van der Waals surface area contributed by atoms with Crippen LogP contribution in [-0.2, 0) is 11.3 Å². The molecule has 1 aromatic heterocycles. The summed E-state index contributed by atoms with van der Waals surface area (Å²) in [6.07, 6.45) is 0.902. The van der Waals surface area contributed by atoms with Gasteiger partial charge in [0.1, 0.15) is 0 Å². The highest BCUT2D eigenvalue weighted by molar-refractivity contribution is 6.01. The first-order valence-corrected chi connectivity index (χ1v) is 11.8. The molecule has 1 aromatic carbocycles. The van der Waals surface area contributed by atoms with E-state index < -0.39 is 5.91 Å². The number of hydrogen-bond acceptors (Lipinski definition) is 7. The normalized spacial score (nSPS) is 15.8. The number of likely N-dealkylation sites (N-methyl/N-ethyl adjacent to an activating group) is 1. The van der Waals surface area contributed by atoms with Crippen LogP contribution >= 0.6 is 0 Å². The molecule has 2 heterocycles. The second kappa shape index (κ2) is 9.87. The number of aromatic nitrogens is 2. The van der Waals surface area contributed by atoms with Gasteiger partial charge in [-0.15, -0.1) is 0 Å². The lowest BCUT2D eigenvalue weighted by Gasteiger charge is -2.37. The molecule has 0 bridgehead atoms. The summed E-state index contributed by atoms with van der Waals surface area (Å²) in [6.45, 7) is 15.9. The highest BCUT2D eigenvalue weighted by Gasteiger charge is 2.32. The van der Waals surface area contributed by atoms with Gasteiger partial charge >= 0.3 is 0 Å². The molecule has 4 N–H and O–H groups in total. The molecular formula is C24H41N7O2. The van der Waals surface area contributed by atoms with Gasteiger partial charge in [-0.05, 0) is 39.4 Å². The van der Waals surface area contributed by atoms with Crippen molar-refractivity contribution in [2.45, 2.75) is 53.1 Å². The van der Waals surface area contributed by atoms with Crippen molar-refractivity contribution < 1.29 is 9.53 Å². The van der Waals surface area contributed by atoms with Crippen molar-refractivity contribution in [3.8, 4) is 0 Å². The van der Waals surface area contributed by atoms with Gasteiger partial charge in [-0.25, -0.2) is 9.99 Å². The number of nitrogens with one attached hydrogen (secondary N) is 2. The summed E-state index contributed by atoms with van der Waals surface area (Å²) in [7, 11) is 3.67. The van der Waals surface area contributed by atoms with Crippen molar-refractivity contribution in [2.75, 3.05) is 57.2 Å². The minimum absolute atomic E-state index is 0.00101. The van der Waals surface area contributed by atoms with Gasteiger partial charge in [0.25, 0.3) is 0 Å². The lowest BCUT2D eigenvalue weighted by atomic mass is 9.92. The summed E-state index contributed by atoms with van der Waals surface area (Å²) in [5.41, 5.74) is 12.2. The van der Waals surface area contributed by atoms with E-state index in [4.69, 9.17) is 15.5 Å². The molecule has 9 heteroatoms. The number of amides is 1. The van der Waals surface area contributed by atoms with Crippen LogP contribution in [0.1, 0.15) is 51.4 Å². The summed E-state index contributed by atoms with van der Waals surface area (Å²) in [6, 6.07) is 3.73. The third-order valence-corrected chi connectivity index (χ3v) is 6.42. The van der Waals surface area contributed by atoms with Crippen LogP contribution in [0, 0.1) is 5.41 Å². The van der Waals surface area contributed by atoms with Gasteiger partial charge in [-0.3, -0.25) is 10.2 Å². The smallest absolute Gasteiger partial charge is 0.248 e. The molecule has 184 valence electrons. The van der Waals surface area contributed by atoms with E-state index in [9.17, 15) is 4.79 Å². The van der Waals surface area contributed by atoms with Gasteiger partial charge in [-0.1, -0.05) is 20.8 Å². The maximum Gasteiger partial charge on any atom is 0.248 e. The van der Waals surface area contributed by atoms with E-state index in [-0.39, 0.29) is 11.0 Å². The zero-order valence-corrected chi connectivity index (χ0v) is 21.3. The van der Waals surface area contributed by atoms with Crippen LogP contribution < -0.4 is 21.4 Å². The van der Waals surface area contributed by atoms with Crippen LogP contribution in [-0.4, -0.2) is 72.9 Å². The van der Waals surface area contributed by atoms with E-state index in [2.05, 4.69) is 59.8 Å². The first kappa shape index (κ1) is 25.3. The van der Waals surface area contributed by atoms with Crippen LogP contribution in [0.2, 0.25) is 0 Å². The van der Waals surface area contributed by atoms with E-state index in [1.165, 1.54) is 0 Å². The molecule has 0 spiro atoms. The molecule has 0 unspecified atom stereocenters. The van der Waals surface area contributed by atoms with Gasteiger partial charge in [0.05, 0.1) is 16.7 Å². The van der Waals surface area contributed by atoms with E-state index in [0.29, 0.717) is 18.7 Å². The Hall–Kier alpha value is -2.36. The standard InChI is InChI=1S/C24H41N7O2/c1-8-31(26-6)24(4,5)14-27-22-28-18-12-17(21(25)32)13-19-20(18)30(22)16-23(2,3)15-29(19)10-9-11-33-7/h12-13,26H,8-11,14-16H2,1-7H3,(H2,25,32)(H,27,28). The van der Waals surface area contributed by atoms with Crippen LogP contribution in [0.25, 0.3) is 11.0 Å². The van der Waals surface area contributed by atoms with Crippen molar-refractivity contribution in [3.63, 3.8) is 0 Å². The zero-order valence-electron chi connectivity index (χ0n) is 21.3. The van der Waals surface area contributed by atoms with Crippen LogP contribution in [0.15, 0.2) is 12.1 Å². The molecule has 1 aliphatic rings. The maximum absolute atomic E-state index is 12.1. The molecule has 0 atom stereocenters. The van der Waals surface area contributed by atoms with Crippen LogP contribution in [0.3, 0.4) is 0 Å². The number of anilines is 2. The number of carbonyl (C=O) groups is 1. The Morgan fingerprint density at radius 2 is 2.06 bits per heavy atom. The monoisotopic (exact) mass is 459 g/mol. The van der Waals surface area contributed by atoms with Crippen LogP contribution in [0.4, 0.5) is 11.6 Å². The number of ether oxygens (including phenoxy) is 1. The minimum atomic E-state index is -0.439. The van der Waals surface area contributed by atoms with Crippen molar-refractivity contribution in [2.24, 2.45) is 11.1 Å². The van der Waals surface area contributed by atoms with E-state index in [1.54, 1.807) is 7.11 Å². The number of primary amides is 1. The van der Waals surface area contributed by atoms with Crippen molar-refractivity contribution >= 4 is 28.6 Å². The molecule has 0 saturated heterocycles. The zero-order chi connectivity index (χ0) is 24.4. The number of benzene rings is 1. The second-order valence-electron chi connectivity index (χ2n) is 10.3. The average Bonchev–Trinajstić information content (AvgIpc) is 3.02. The quantitative estimate of drug-likeness (QED) is 0.351. The van der Waals surface area contributed by atoms with Gasteiger partial charge in [0.2, 0.25) is 11.9 Å². The molecule has 0 aliphatic carbocycles. The molecule has 2 aromatic rings. The number of hydrogen-bond donors (Lipinski definition) is 3. The predicted octanol–water partition coefficient (Wildman–Crippen LogP) is 2.66. The molecule has 1 amide bonds. The number of carbonyl (C=O) groups excluding carboxylic acids is 1. The fourth-order valence-electron chi connectivity index (χ4n) is 4.88. The van der Waals surface area contributed by atoms with E-state index >= 15 is 0 Å². The highest BCUT2D eigenvalue weighted by Crippen LogP contribution is 2.38. The Balaban J connectivity index is 2.08. The molecule has 3 rings (SSSR count). The Kier molecular flexibility index (Phi) is 7.55. The largest absolute Gasteiger partial charge is 0.385 e. The molecule has 0 fully saturated rings. The number of methoxy groups -OCH3 is 1. The fourth-order valence-corrected chi connectivity index (χ4v) is 4.88. The van der Waals surface area contributed by atoms with Crippen LogP contribution in [0.5, 0.6) is 0 Å². The van der Waals surface area contributed by atoms with Gasteiger partial charge in [0.15, 0.2) is 0 Å². The number of nitrogens with zero attached hydrogens (tertiary/aromatic N) is 4. The second-order valence-corrected chi connectivity index (χ2v) is 10.3. The number of imidazole rings is 1. The number of hydrazine groups is 1. The summed E-state index contributed by atoms with van der Waals surface area (Å²) < 4.78 is 7.56. The first-order chi connectivity index (χ1) is 15.5. The van der Waals surface area contributed by atoms with Crippen molar-refractivity contribution in [1.29, 1.82) is 0 Å². The lowest BCUT2D eigenvalue weighted by Crippen LogP contribution is -2.54. The predicted molar refractivity (Wildman–Crippen MR) is 135 cm³/mol. The van der Waals surface area contributed by atoms with E-state index in [1.807, 2.05) is 19.2 Å². The maximum atomic E-state index is 12.1. The molecule has 0 saturated carbocycles. The van der Waals surface area contributed by atoms with Crippen molar-refractivity contribution in [1.82, 2.24) is 20.0 Å². The van der Waals surface area contributed by atoms with Crippen molar-refractivity contribution in [3.05, 3.63) is 17.7 Å². The molecule has 33 heavy (non-hydrogen) atoms. The third kappa shape index (κ3) is 5.42. The molecule has 9 nitrogen and oxygen atoms in total. The van der Waals surface area contributed by atoms with Gasteiger partial charge < -0.3 is 25.3 Å². The van der Waals surface area contributed by atoms with Gasteiger partial charge in [-0.2, -0.15) is 0 Å². The summed E-state index contributed by atoms with van der Waals surface area (Å²) in [5.74, 6) is 0.381. The Morgan fingerprint density at radius 1 is 1.33 bits per heavy atom.